The van der Waals surface area contributed by atoms with Crippen LogP contribution in [0.1, 0.15) is 57.7 Å². The van der Waals surface area contributed by atoms with Crippen molar-refractivity contribution in [3.8, 4) is 33.2 Å². The number of hydrogen-bond acceptors (Lipinski definition) is 8. The lowest BCUT2D eigenvalue weighted by Gasteiger charge is -2.30. The average Bonchev–Trinajstić information content (AvgIpc) is 3.86. The third-order valence-electron chi connectivity index (χ3n) is 8.14. The molecule has 0 saturated carbocycles. The number of thiophene rings is 1. The number of aromatic nitrogens is 4. The quantitative estimate of drug-likeness (QED) is 0.123. The molecule has 2 amide bonds. The second kappa shape index (κ2) is 13.3. The fourth-order valence-corrected chi connectivity index (χ4v) is 6.72. The Hall–Kier alpha value is -4.42. The Morgan fingerprint density at radius 2 is 1.89 bits per heavy atom. The Kier molecular flexibility index (Phi) is 9.04. The zero-order valence-electron chi connectivity index (χ0n) is 26.0. The number of hydrogen-bond donors (Lipinski definition) is 4. The molecule has 4 N–H and O–H groups in total. The van der Waals surface area contributed by atoms with Gasteiger partial charge in [-0.05, 0) is 37.3 Å². The number of benzene rings is 1. The van der Waals surface area contributed by atoms with Gasteiger partial charge in [0.25, 0.3) is 0 Å². The van der Waals surface area contributed by atoms with Gasteiger partial charge < -0.3 is 34.7 Å². The van der Waals surface area contributed by atoms with Gasteiger partial charge in [-0.25, -0.2) is 14.8 Å². The Labute approximate surface area is 265 Å². The fraction of sp³-hybridized carbons (Fsp3) is 0.394. The van der Waals surface area contributed by atoms with Crippen molar-refractivity contribution in [3.63, 3.8) is 0 Å². The van der Waals surface area contributed by atoms with Crippen molar-refractivity contribution in [2.45, 2.75) is 58.7 Å². The van der Waals surface area contributed by atoms with Gasteiger partial charge in [0.2, 0.25) is 5.91 Å². The van der Waals surface area contributed by atoms with E-state index in [9.17, 15) is 9.59 Å². The molecule has 6 rings (SSSR count). The van der Waals surface area contributed by atoms with Crippen LogP contribution < -0.4 is 10.6 Å². The molecule has 4 aromatic heterocycles. The van der Waals surface area contributed by atoms with E-state index >= 15 is 0 Å². The summed E-state index contributed by atoms with van der Waals surface area (Å²) in [4.78, 5) is 44.2. The third kappa shape index (κ3) is 6.52. The van der Waals surface area contributed by atoms with Crippen LogP contribution in [-0.4, -0.2) is 63.1 Å². The Bertz CT molecular complexity index is 1740. The smallest absolute Gasteiger partial charge is 0.407 e. The second-order valence-electron chi connectivity index (χ2n) is 11.7. The first-order valence-corrected chi connectivity index (χ1v) is 16.2. The Balaban J connectivity index is 1.13. The van der Waals surface area contributed by atoms with Crippen LogP contribution in [0.5, 0.6) is 0 Å². The Morgan fingerprint density at radius 3 is 2.62 bits per heavy atom. The first-order chi connectivity index (χ1) is 21.8. The van der Waals surface area contributed by atoms with Gasteiger partial charge in [0.05, 0.1) is 53.1 Å². The van der Waals surface area contributed by atoms with Crippen LogP contribution in [0.25, 0.3) is 43.4 Å². The van der Waals surface area contributed by atoms with Crippen molar-refractivity contribution in [2.75, 3.05) is 20.2 Å². The maximum Gasteiger partial charge on any atom is 0.407 e. The highest BCUT2D eigenvalue weighted by atomic mass is 32.1. The van der Waals surface area contributed by atoms with Gasteiger partial charge in [-0.2, -0.15) is 0 Å². The van der Waals surface area contributed by atoms with Gasteiger partial charge >= 0.3 is 6.09 Å². The lowest BCUT2D eigenvalue weighted by Crippen LogP contribution is -2.51. The summed E-state index contributed by atoms with van der Waals surface area (Å²) < 4.78 is 12.1. The first-order valence-electron chi connectivity index (χ1n) is 15.4. The number of nitrogens with one attached hydrogen (secondary N) is 4. The van der Waals surface area contributed by atoms with Crippen molar-refractivity contribution in [1.29, 1.82) is 0 Å². The number of alkyl carbamates (subject to hydrolysis) is 1. The molecule has 5 aromatic rings. The van der Waals surface area contributed by atoms with E-state index in [2.05, 4.69) is 49.6 Å². The maximum absolute atomic E-state index is 13.5. The van der Waals surface area contributed by atoms with E-state index in [1.165, 1.54) is 7.11 Å². The first kappa shape index (κ1) is 30.6. The number of fused-ring (bicyclic) bond motifs is 1. The van der Waals surface area contributed by atoms with Crippen LogP contribution >= 0.6 is 11.3 Å². The molecule has 0 spiro atoms. The minimum absolute atomic E-state index is 0.0853. The average molecular weight is 630 g/mol. The van der Waals surface area contributed by atoms with Gasteiger partial charge in [-0.3, -0.25) is 4.79 Å². The number of imidazole rings is 2. The molecule has 12 heteroatoms. The number of ether oxygens (including phenoxy) is 1. The predicted octanol–water partition coefficient (Wildman–Crippen LogP) is 6.49. The normalized spacial score (nSPS) is 15.7. The highest BCUT2D eigenvalue weighted by Crippen LogP contribution is 2.38. The molecule has 2 unspecified atom stereocenters. The molecular formula is C33H39N7O4S. The minimum atomic E-state index is -0.667. The van der Waals surface area contributed by atoms with E-state index in [1.807, 2.05) is 55.4 Å². The van der Waals surface area contributed by atoms with Crippen molar-refractivity contribution in [2.24, 2.45) is 5.92 Å². The highest BCUT2D eigenvalue weighted by Gasteiger charge is 2.37. The van der Waals surface area contributed by atoms with Crippen LogP contribution in [0.3, 0.4) is 0 Å². The van der Waals surface area contributed by atoms with Gasteiger partial charge in [0, 0.05) is 24.2 Å². The van der Waals surface area contributed by atoms with Crippen LogP contribution in [-0.2, 0) is 16.1 Å². The summed E-state index contributed by atoms with van der Waals surface area (Å²) in [5, 5.41) is 6.06. The van der Waals surface area contributed by atoms with Gasteiger partial charge in [0.1, 0.15) is 29.0 Å². The zero-order chi connectivity index (χ0) is 31.5. The largest absolute Gasteiger partial charge is 0.455 e. The number of amides is 2. The van der Waals surface area contributed by atoms with E-state index in [4.69, 9.17) is 9.15 Å². The monoisotopic (exact) mass is 629 g/mol. The predicted molar refractivity (Wildman–Crippen MR) is 175 cm³/mol. The summed E-state index contributed by atoms with van der Waals surface area (Å²) in [6.45, 7) is 8.27. The summed E-state index contributed by atoms with van der Waals surface area (Å²) in [7, 11) is 1.30. The summed E-state index contributed by atoms with van der Waals surface area (Å²) in [6, 6.07) is 11.5. The SMILES string of the molecule is CCCNCc1ncc(-c2cc3oc(-c4ccc(-c5cnc(C6CCCN6C(=O)C(NC(=O)OC)C(C)C)[nH]5)cc4)cc3s2)[nH]1. The summed E-state index contributed by atoms with van der Waals surface area (Å²) >= 11 is 1.68. The fourth-order valence-electron chi connectivity index (χ4n) is 5.73. The molecule has 1 aromatic carbocycles. The van der Waals surface area contributed by atoms with Crippen molar-refractivity contribution < 1.29 is 18.7 Å². The number of carbonyl (C=O) groups excluding carboxylic acids is 2. The standard InChI is InChI=1S/C33H39N7O4S/c1-5-12-34-18-29-35-17-23(37-29)27-15-26-28(45-27)14-25(44-26)21-10-8-20(9-11-21)22-16-36-31(38-22)24-7-6-13-40(24)32(41)30(19(2)3)39-33(42)43-4/h8-11,14-17,19,24,30,34H,5-7,12-13,18H2,1-4H3,(H,35,37)(H,36,38)(H,39,42). The molecule has 1 fully saturated rings. The van der Waals surface area contributed by atoms with Crippen LogP contribution in [0, 0.1) is 5.92 Å². The molecule has 0 aliphatic carbocycles. The lowest BCUT2D eigenvalue weighted by molar-refractivity contribution is -0.135. The van der Waals surface area contributed by atoms with E-state index in [-0.39, 0.29) is 17.9 Å². The van der Waals surface area contributed by atoms with Gasteiger partial charge in [-0.15, -0.1) is 11.3 Å². The number of H-pyrrole nitrogens is 2. The van der Waals surface area contributed by atoms with Crippen molar-refractivity contribution in [1.82, 2.24) is 35.5 Å². The van der Waals surface area contributed by atoms with Gasteiger partial charge in [-0.1, -0.05) is 45.0 Å². The van der Waals surface area contributed by atoms with E-state index in [0.29, 0.717) is 6.54 Å². The molecule has 236 valence electrons. The molecular weight excluding hydrogens is 590 g/mol. The highest BCUT2D eigenvalue weighted by molar-refractivity contribution is 7.22. The molecule has 1 aliphatic rings. The maximum atomic E-state index is 13.5. The minimum Gasteiger partial charge on any atom is -0.455 e. The van der Waals surface area contributed by atoms with E-state index < -0.39 is 12.1 Å². The lowest BCUT2D eigenvalue weighted by atomic mass is 10.0. The zero-order valence-corrected chi connectivity index (χ0v) is 26.8. The number of furan rings is 1. The topological polar surface area (TPSA) is 141 Å². The molecule has 0 bridgehead atoms. The molecule has 0 radical (unpaired) electrons. The number of aromatic amines is 2. The number of likely N-dealkylation sites (tertiary alicyclic amines) is 1. The van der Waals surface area contributed by atoms with Crippen LogP contribution in [0.15, 0.2) is 53.2 Å². The number of carbonyl (C=O) groups is 2. The Morgan fingerprint density at radius 1 is 1.11 bits per heavy atom. The molecule has 1 saturated heterocycles. The molecule has 1 aliphatic heterocycles. The number of nitrogens with zero attached hydrogens (tertiary/aromatic N) is 3. The third-order valence-corrected chi connectivity index (χ3v) is 9.24. The number of methoxy groups -OCH3 is 1. The van der Waals surface area contributed by atoms with Gasteiger partial charge in [0.15, 0.2) is 0 Å². The molecule has 45 heavy (non-hydrogen) atoms. The number of rotatable bonds is 11. The van der Waals surface area contributed by atoms with Crippen molar-refractivity contribution in [3.05, 3.63) is 60.4 Å². The van der Waals surface area contributed by atoms with Crippen molar-refractivity contribution >= 4 is 33.6 Å². The van der Waals surface area contributed by atoms with E-state index in [1.54, 1.807) is 11.3 Å². The molecule has 2 atom stereocenters. The van der Waals surface area contributed by atoms with Crippen LogP contribution in [0.2, 0.25) is 0 Å². The summed E-state index contributed by atoms with van der Waals surface area (Å²) in [5.74, 6) is 2.27. The van der Waals surface area contributed by atoms with E-state index in [0.717, 1.165) is 87.4 Å². The molecule has 11 nitrogen and oxygen atoms in total. The molecule has 5 heterocycles. The summed E-state index contributed by atoms with van der Waals surface area (Å²) in [5.41, 5.74) is 4.69. The van der Waals surface area contributed by atoms with Crippen LogP contribution in [0.4, 0.5) is 4.79 Å². The second-order valence-corrected chi connectivity index (χ2v) is 12.8. The summed E-state index contributed by atoms with van der Waals surface area (Å²) in [6.07, 6.45) is 5.83.